The van der Waals surface area contributed by atoms with Crippen molar-refractivity contribution in [1.82, 2.24) is 20.3 Å². The number of halogens is 2. The van der Waals surface area contributed by atoms with E-state index in [1.165, 1.54) is 12.0 Å². The van der Waals surface area contributed by atoms with E-state index >= 15 is 0 Å². The molecule has 0 aromatic carbocycles. The van der Waals surface area contributed by atoms with Crippen LogP contribution in [0.5, 0.6) is 0 Å². The third-order valence-electron chi connectivity index (χ3n) is 9.43. The number of hydrogen-bond acceptors (Lipinski definition) is 5. The van der Waals surface area contributed by atoms with Crippen LogP contribution in [0.1, 0.15) is 137 Å². The zero-order valence-electron chi connectivity index (χ0n) is 30.9. The quantitative estimate of drug-likeness (QED) is 0.185. The van der Waals surface area contributed by atoms with Gasteiger partial charge in [-0.1, -0.05) is 54.0 Å². The number of alkyl halides is 2. The highest BCUT2D eigenvalue weighted by Gasteiger charge is 2.42. The number of aliphatic imine (C=N–C) groups is 1. The van der Waals surface area contributed by atoms with Crippen LogP contribution in [0.3, 0.4) is 0 Å². The zero-order chi connectivity index (χ0) is 35.2. The third-order valence-corrected chi connectivity index (χ3v) is 9.43. The van der Waals surface area contributed by atoms with Crippen molar-refractivity contribution in [2.75, 3.05) is 13.6 Å². The van der Waals surface area contributed by atoms with E-state index in [0.717, 1.165) is 80.6 Å². The summed E-state index contributed by atoms with van der Waals surface area (Å²) in [6.45, 7) is 17.6. The Balaban J connectivity index is 0.00000142. The van der Waals surface area contributed by atoms with Crippen molar-refractivity contribution in [3.8, 4) is 0 Å². The van der Waals surface area contributed by atoms with Gasteiger partial charge in [-0.25, -0.2) is 18.4 Å². The molecule has 2 N–H and O–H groups in total. The first kappa shape index (κ1) is 40.1. The highest BCUT2D eigenvalue weighted by molar-refractivity contribution is 5.97. The summed E-state index contributed by atoms with van der Waals surface area (Å²) in [6.07, 6.45) is 18.2. The minimum atomic E-state index is -2.81. The lowest BCUT2D eigenvalue weighted by Gasteiger charge is -2.34. The van der Waals surface area contributed by atoms with E-state index in [-0.39, 0.29) is 17.9 Å². The molecule has 1 saturated heterocycles. The number of nitrogens with one attached hydrogen (secondary N) is 2. The Kier molecular flexibility index (Phi) is 16.2. The van der Waals surface area contributed by atoms with Crippen LogP contribution < -0.4 is 10.6 Å². The second-order valence-electron chi connectivity index (χ2n) is 14.2. The van der Waals surface area contributed by atoms with Crippen LogP contribution >= 0.6 is 0 Å². The molecule has 0 spiro atoms. The molecular formula is C38H62F2N6O. The second kappa shape index (κ2) is 19.0. The van der Waals surface area contributed by atoms with Crippen LogP contribution in [0.25, 0.3) is 0 Å². The van der Waals surface area contributed by atoms with Crippen LogP contribution in [0.4, 0.5) is 8.78 Å². The molecule has 2 fully saturated rings. The van der Waals surface area contributed by atoms with Crippen molar-refractivity contribution in [2.24, 2.45) is 27.3 Å². The number of aryl methyl sites for hydroxylation is 1. The summed E-state index contributed by atoms with van der Waals surface area (Å²) in [4.78, 5) is 21.4. The summed E-state index contributed by atoms with van der Waals surface area (Å²) < 4.78 is 30.7. The summed E-state index contributed by atoms with van der Waals surface area (Å²) in [5.41, 5.74) is 3.85. The van der Waals surface area contributed by atoms with Gasteiger partial charge in [0.05, 0.1) is 23.6 Å². The fraction of sp³-hybridized carbons (Fsp3) is 0.684. The Labute approximate surface area is 283 Å². The largest absolute Gasteiger partial charge is 0.376 e. The molecule has 1 saturated carbocycles. The average molecular weight is 657 g/mol. The maximum absolute atomic E-state index is 14.5. The highest BCUT2D eigenvalue weighted by Crippen LogP contribution is 2.42. The van der Waals surface area contributed by atoms with E-state index in [2.05, 4.69) is 56.3 Å². The molecule has 1 aliphatic carbocycles. The van der Waals surface area contributed by atoms with Crippen molar-refractivity contribution in [2.45, 2.75) is 138 Å². The monoisotopic (exact) mass is 656 g/mol. The van der Waals surface area contributed by atoms with Crippen LogP contribution in [0, 0.1) is 24.2 Å². The molecule has 47 heavy (non-hydrogen) atoms. The predicted molar refractivity (Wildman–Crippen MR) is 193 cm³/mol. The predicted octanol–water partition coefficient (Wildman–Crippen LogP) is 9.51. The molecule has 2 heterocycles. The molecule has 1 aromatic rings. The maximum atomic E-state index is 14.5. The smallest absolute Gasteiger partial charge is 0.250 e. The van der Waals surface area contributed by atoms with Gasteiger partial charge in [0.1, 0.15) is 5.82 Å². The molecular weight excluding hydrogens is 594 g/mol. The average Bonchev–Trinajstić information content (AvgIpc) is 3.35. The minimum Gasteiger partial charge on any atom is -0.376 e. The number of allylic oxidation sites excluding steroid dienone is 5. The summed E-state index contributed by atoms with van der Waals surface area (Å²) in [7, 11) is 1.74. The Morgan fingerprint density at radius 3 is 2.43 bits per heavy atom. The summed E-state index contributed by atoms with van der Waals surface area (Å²) >= 11 is 0. The van der Waals surface area contributed by atoms with Gasteiger partial charge in [-0.3, -0.25) is 9.79 Å². The normalized spacial score (nSPS) is 18.7. The molecule has 2 unspecified atom stereocenters. The van der Waals surface area contributed by atoms with E-state index < -0.39 is 11.3 Å². The lowest BCUT2D eigenvalue weighted by molar-refractivity contribution is -0.126. The number of imidazole rings is 1. The Hall–Kier alpha value is -3.10. The first-order valence-electron chi connectivity index (χ1n) is 17.7. The molecule has 2 atom stereocenters. The van der Waals surface area contributed by atoms with Gasteiger partial charge < -0.3 is 10.6 Å². The molecule has 0 bridgehead atoms. The summed E-state index contributed by atoms with van der Waals surface area (Å²) in [6, 6.07) is -0.287. The number of nitrogens with zero attached hydrogens (tertiary/aromatic N) is 4. The first-order chi connectivity index (χ1) is 22.1. The Morgan fingerprint density at radius 2 is 1.89 bits per heavy atom. The molecule has 7 nitrogen and oxygen atoms in total. The van der Waals surface area contributed by atoms with Crippen molar-refractivity contribution >= 4 is 17.8 Å². The number of piperidine rings is 1. The van der Waals surface area contributed by atoms with Gasteiger partial charge in [0.25, 0.3) is 0 Å². The number of hydrogen-bond donors (Lipinski definition) is 2. The number of aromatic nitrogens is 2. The SMILES string of the molecule is CC/C=C/C(CC1CCCNC1=O)=N\n1cc(C(CCC(C)(C)C(C)(F)F)NC(=C2CCC2)/C(C)=C/C=NC)nc1C.CCC(C)C. The Bertz CT molecular complexity index is 1290. The molecule has 0 radical (unpaired) electrons. The van der Waals surface area contributed by atoms with Crippen LogP contribution in [0.15, 0.2) is 51.4 Å². The molecule has 3 rings (SSSR count). The lowest BCUT2D eigenvalue weighted by Crippen LogP contribution is -2.37. The standard InChI is InChI=1S/C33H50F2N6O.C5H12/c1-8-9-15-27(21-26-14-11-19-37-31(26)42)40-41-22-29(38-24(41)3)28(16-18-32(4,5)33(6,34)35)39-30(25-12-10-13-25)23(2)17-20-36-7;1-4-5(2)3/h9,15,17,20,22,26,28,39H,8,10-14,16,18-19,21H2,1-7H3,(H,37,42);5H,4H2,1-3H3/b15-9+,23-17+,36-20?,40-27+;. The van der Waals surface area contributed by atoms with Gasteiger partial charge >= 0.3 is 0 Å². The van der Waals surface area contributed by atoms with Gasteiger partial charge in [-0.15, -0.1) is 0 Å². The fourth-order valence-electron chi connectivity index (χ4n) is 5.13. The zero-order valence-corrected chi connectivity index (χ0v) is 30.9. The molecule has 1 aliphatic heterocycles. The van der Waals surface area contributed by atoms with Crippen molar-refractivity contribution in [3.63, 3.8) is 0 Å². The fourth-order valence-corrected chi connectivity index (χ4v) is 5.13. The van der Waals surface area contributed by atoms with E-state index in [9.17, 15) is 13.6 Å². The summed E-state index contributed by atoms with van der Waals surface area (Å²) in [5.74, 6) is -1.25. The van der Waals surface area contributed by atoms with Gasteiger partial charge in [0, 0.05) is 43.3 Å². The van der Waals surface area contributed by atoms with Crippen LogP contribution in [0.2, 0.25) is 0 Å². The maximum Gasteiger partial charge on any atom is 0.250 e. The molecule has 264 valence electrons. The number of carbonyl (C=O) groups excluding carboxylic acids is 1. The van der Waals surface area contributed by atoms with E-state index in [4.69, 9.17) is 10.1 Å². The molecule has 2 aliphatic rings. The highest BCUT2D eigenvalue weighted by atomic mass is 19.3. The van der Waals surface area contributed by atoms with Crippen molar-refractivity contribution in [1.29, 1.82) is 0 Å². The van der Waals surface area contributed by atoms with Crippen molar-refractivity contribution in [3.05, 3.63) is 52.8 Å². The van der Waals surface area contributed by atoms with E-state index in [1.54, 1.807) is 31.8 Å². The third kappa shape index (κ3) is 12.8. The number of amides is 1. The summed E-state index contributed by atoms with van der Waals surface area (Å²) in [5, 5.41) is 11.6. The minimum absolute atomic E-state index is 0.0783. The van der Waals surface area contributed by atoms with Gasteiger partial charge in [-0.05, 0) is 101 Å². The number of carbonyl (C=O) groups is 1. The van der Waals surface area contributed by atoms with Gasteiger partial charge in [0.2, 0.25) is 11.8 Å². The van der Waals surface area contributed by atoms with E-state index in [1.807, 2.05) is 25.3 Å². The van der Waals surface area contributed by atoms with Crippen LogP contribution in [-0.2, 0) is 4.79 Å². The van der Waals surface area contributed by atoms with Gasteiger partial charge in [0.15, 0.2) is 0 Å². The first-order valence-corrected chi connectivity index (χ1v) is 17.7. The topological polar surface area (TPSA) is 83.7 Å². The lowest BCUT2D eigenvalue weighted by atomic mass is 9.80. The van der Waals surface area contributed by atoms with Gasteiger partial charge in [-0.2, -0.15) is 5.10 Å². The molecule has 1 amide bonds. The Morgan fingerprint density at radius 1 is 1.21 bits per heavy atom. The number of rotatable bonds is 15. The molecule has 9 heteroatoms. The van der Waals surface area contributed by atoms with E-state index in [0.29, 0.717) is 25.1 Å². The second-order valence-corrected chi connectivity index (χ2v) is 14.2. The van der Waals surface area contributed by atoms with Crippen molar-refractivity contribution < 1.29 is 13.6 Å². The van der Waals surface area contributed by atoms with Crippen LogP contribution in [-0.4, -0.2) is 47.0 Å². The molecule has 1 aromatic heterocycles.